The molecule has 0 unspecified atom stereocenters. The van der Waals surface area contributed by atoms with Gasteiger partial charge in [-0.3, -0.25) is 14.8 Å². The quantitative estimate of drug-likeness (QED) is 0.688. The van der Waals surface area contributed by atoms with Crippen molar-refractivity contribution in [1.82, 2.24) is 0 Å². The second-order valence-electron chi connectivity index (χ2n) is 3.98. The van der Waals surface area contributed by atoms with E-state index in [1.807, 2.05) is 4.72 Å². The highest BCUT2D eigenvalue weighted by Crippen LogP contribution is 2.23. The van der Waals surface area contributed by atoms with E-state index in [-0.39, 0.29) is 21.3 Å². The summed E-state index contributed by atoms with van der Waals surface area (Å²) in [5.74, 6) is -0.787. The number of rotatable bonds is 4. The number of nitrogens with one attached hydrogen (secondary N) is 1. The fraction of sp³-hybridized carbons (Fsp3) is 0. The van der Waals surface area contributed by atoms with Gasteiger partial charge < -0.3 is 0 Å². The van der Waals surface area contributed by atoms with Gasteiger partial charge in [-0.15, -0.1) is 0 Å². The first-order chi connectivity index (χ1) is 9.79. The van der Waals surface area contributed by atoms with Crippen LogP contribution < -0.4 is 4.72 Å². The normalized spacial score (nSPS) is 11.1. The van der Waals surface area contributed by atoms with Crippen LogP contribution >= 0.6 is 11.6 Å². The van der Waals surface area contributed by atoms with E-state index in [1.165, 1.54) is 6.07 Å². The predicted molar refractivity (Wildman–Crippen MR) is 75.3 cm³/mol. The molecule has 2 aromatic rings. The third kappa shape index (κ3) is 3.47. The molecule has 2 rings (SSSR count). The first-order valence-electron chi connectivity index (χ1n) is 5.52. The van der Waals surface area contributed by atoms with E-state index in [0.29, 0.717) is 0 Å². The minimum Gasteiger partial charge on any atom is -0.277 e. The molecule has 0 spiro atoms. The zero-order valence-electron chi connectivity index (χ0n) is 10.3. The highest BCUT2D eigenvalue weighted by atomic mass is 35.5. The van der Waals surface area contributed by atoms with Gasteiger partial charge in [0.25, 0.3) is 15.7 Å². The largest absolute Gasteiger partial charge is 0.277 e. The highest BCUT2D eigenvalue weighted by molar-refractivity contribution is 7.92. The van der Waals surface area contributed by atoms with E-state index in [9.17, 15) is 22.9 Å². The Morgan fingerprint density at radius 2 is 1.76 bits per heavy atom. The Bertz CT molecular complexity index is 793. The number of benzene rings is 2. The molecule has 0 saturated heterocycles. The van der Waals surface area contributed by atoms with Crippen LogP contribution in [0.1, 0.15) is 0 Å². The summed E-state index contributed by atoms with van der Waals surface area (Å²) < 4.78 is 39.7. The molecule has 0 atom stereocenters. The van der Waals surface area contributed by atoms with Gasteiger partial charge in [-0.2, -0.15) is 0 Å². The molecule has 0 heterocycles. The van der Waals surface area contributed by atoms with Crippen LogP contribution in [0.3, 0.4) is 0 Å². The van der Waals surface area contributed by atoms with Gasteiger partial charge in [0, 0.05) is 17.2 Å². The SMILES string of the molecule is O=[N+]([O-])c1ccc(S(=O)(=O)Nc2cc(Cl)ccc2F)cc1. The van der Waals surface area contributed by atoms with Crippen molar-refractivity contribution in [3.8, 4) is 0 Å². The Morgan fingerprint density at radius 1 is 1.14 bits per heavy atom. The minimum atomic E-state index is -4.07. The van der Waals surface area contributed by atoms with Crippen molar-refractivity contribution in [1.29, 1.82) is 0 Å². The van der Waals surface area contributed by atoms with E-state index < -0.39 is 20.8 Å². The van der Waals surface area contributed by atoms with E-state index in [2.05, 4.69) is 0 Å². The van der Waals surface area contributed by atoms with Crippen molar-refractivity contribution in [3.05, 3.63) is 63.4 Å². The lowest BCUT2D eigenvalue weighted by molar-refractivity contribution is -0.384. The number of nitrogens with zero attached hydrogens (tertiary/aromatic N) is 1. The van der Waals surface area contributed by atoms with Gasteiger partial charge in [0.15, 0.2) is 0 Å². The lowest BCUT2D eigenvalue weighted by atomic mass is 10.3. The van der Waals surface area contributed by atoms with Crippen LogP contribution in [0.5, 0.6) is 0 Å². The van der Waals surface area contributed by atoms with Gasteiger partial charge in [0.2, 0.25) is 0 Å². The molecule has 0 radical (unpaired) electrons. The summed E-state index contributed by atoms with van der Waals surface area (Å²) in [5.41, 5.74) is -0.552. The number of hydrogen-bond donors (Lipinski definition) is 1. The zero-order chi connectivity index (χ0) is 15.6. The number of sulfonamides is 1. The number of non-ortho nitro benzene ring substituents is 1. The van der Waals surface area contributed by atoms with E-state index in [1.54, 1.807) is 0 Å². The van der Waals surface area contributed by atoms with Crippen LogP contribution in [0, 0.1) is 15.9 Å². The Balaban J connectivity index is 2.34. The molecule has 0 aliphatic heterocycles. The molecule has 0 bridgehead atoms. The molecule has 0 aliphatic carbocycles. The summed E-state index contributed by atoms with van der Waals surface area (Å²) >= 11 is 5.67. The van der Waals surface area contributed by atoms with E-state index in [0.717, 1.165) is 36.4 Å². The lowest BCUT2D eigenvalue weighted by Gasteiger charge is -2.09. The number of hydrogen-bond acceptors (Lipinski definition) is 4. The van der Waals surface area contributed by atoms with Gasteiger partial charge in [0.05, 0.1) is 15.5 Å². The first-order valence-corrected chi connectivity index (χ1v) is 7.38. The summed E-state index contributed by atoms with van der Waals surface area (Å²) in [7, 11) is -4.07. The number of anilines is 1. The maximum Gasteiger partial charge on any atom is 0.269 e. The third-order valence-electron chi connectivity index (χ3n) is 2.53. The average molecular weight is 331 g/mol. The summed E-state index contributed by atoms with van der Waals surface area (Å²) in [5, 5.41) is 10.7. The van der Waals surface area contributed by atoms with Gasteiger partial charge in [0.1, 0.15) is 5.82 Å². The number of halogens is 2. The molecule has 21 heavy (non-hydrogen) atoms. The highest BCUT2D eigenvalue weighted by Gasteiger charge is 2.18. The van der Waals surface area contributed by atoms with Crippen LogP contribution in [0.25, 0.3) is 0 Å². The van der Waals surface area contributed by atoms with Crippen LogP contribution in [-0.2, 0) is 10.0 Å². The Labute approximate surface area is 124 Å². The Kier molecular flexibility index (Phi) is 4.10. The molecule has 1 N–H and O–H groups in total. The maximum atomic E-state index is 13.5. The summed E-state index contributed by atoms with van der Waals surface area (Å²) in [6, 6.07) is 7.63. The molecule has 0 amide bonds. The van der Waals surface area contributed by atoms with Gasteiger partial charge in [-0.1, -0.05) is 11.6 Å². The summed E-state index contributed by atoms with van der Waals surface area (Å²) in [4.78, 5) is 9.63. The number of nitro benzene ring substituents is 1. The standard InChI is InChI=1S/C12H8ClFN2O4S/c13-8-1-6-11(14)12(7-8)15-21(19,20)10-4-2-9(3-5-10)16(17)18/h1-7,15H. The van der Waals surface area contributed by atoms with E-state index >= 15 is 0 Å². The van der Waals surface area contributed by atoms with Crippen molar-refractivity contribution >= 4 is 33.0 Å². The minimum absolute atomic E-state index is 0.165. The molecular weight excluding hydrogens is 323 g/mol. The molecule has 2 aromatic carbocycles. The molecule has 0 saturated carbocycles. The summed E-state index contributed by atoms with van der Waals surface area (Å²) in [6.07, 6.45) is 0. The van der Waals surface area contributed by atoms with Crippen molar-refractivity contribution < 1.29 is 17.7 Å². The fourth-order valence-electron chi connectivity index (χ4n) is 1.53. The Morgan fingerprint density at radius 3 is 2.33 bits per heavy atom. The van der Waals surface area contributed by atoms with Gasteiger partial charge in [-0.05, 0) is 30.3 Å². The second kappa shape index (κ2) is 5.66. The second-order valence-corrected chi connectivity index (χ2v) is 6.10. The molecule has 0 fully saturated rings. The molecule has 9 heteroatoms. The summed E-state index contributed by atoms with van der Waals surface area (Å²) in [6.45, 7) is 0. The van der Waals surface area contributed by atoms with Crippen molar-refractivity contribution in [2.75, 3.05) is 4.72 Å². The monoisotopic (exact) mass is 330 g/mol. The van der Waals surface area contributed by atoms with Gasteiger partial charge in [-0.25, -0.2) is 12.8 Å². The van der Waals surface area contributed by atoms with Crippen molar-refractivity contribution in [2.24, 2.45) is 0 Å². The van der Waals surface area contributed by atoms with Crippen LogP contribution in [0.2, 0.25) is 5.02 Å². The zero-order valence-corrected chi connectivity index (χ0v) is 11.9. The van der Waals surface area contributed by atoms with Crippen molar-refractivity contribution in [2.45, 2.75) is 4.90 Å². The van der Waals surface area contributed by atoms with Gasteiger partial charge >= 0.3 is 0 Å². The van der Waals surface area contributed by atoms with Crippen molar-refractivity contribution in [3.63, 3.8) is 0 Å². The smallest absolute Gasteiger partial charge is 0.269 e. The number of nitro groups is 1. The van der Waals surface area contributed by atoms with E-state index in [4.69, 9.17) is 11.6 Å². The molecule has 110 valence electrons. The lowest BCUT2D eigenvalue weighted by Crippen LogP contribution is -2.14. The predicted octanol–water partition coefficient (Wildman–Crippen LogP) is 3.19. The molecule has 6 nitrogen and oxygen atoms in total. The van der Waals surface area contributed by atoms with Crippen LogP contribution in [0.4, 0.5) is 15.8 Å². The molecular formula is C12H8ClFN2O4S. The van der Waals surface area contributed by atoms with Crippen LogP contribution in [-0.4, -0.2) is 13.3 Å². The fourth-order valence-corrected chi connectivity index (χ4v) is 2.76. The maximum absolute atomic E-state index is 13.5. The molecule has 0 aliphatic rings. The first kappa shape index (κ1) is 15.2. The topological polar surface area (TPSA) is 89.3 Å². The van der Waals surface area contributed by atoms with Crippen LogP contribution in [0.15, 0.2) is 47.4 Å². The third-order valence-corrected chi connectivity index (χ3v) is 4.15. The Hall–Kier alpha value is -2.19. The average Bonchev–Trinajstić information content (AvgIpc) is 2.43. The molecule has 0 aromatic heterocycles.